The molecule has 0 bridgehead atoms. The van der Waals surface area contributed by atoms with E-state index in [4.69, 9.17) is 0 Å². The van der Waals surface area contributed by atoms with Crippen molar-refractivity contribution in [3.05, 3.63) is 64.9 Å². The molecule has 0 spiro atoms. The molecule has 2 aromatic carbocycles. The van der Waals surface area contributed by atoms with Crippen LogP contribution >= 0.6 is 27.3 Å². The third kappa shape index (κ3) is 2.93. The van der Waals surface area contributed by atoms with Crippen molar-refractivity contribution < 1.29 is 4.79 Å². The van der Waals surface area contributed by atoms with Gasteiger partial charge in [-0.1, -0.05) is 27.3 Å². The van der Waals surface area contributed by atoms with E-state index >= 15 is 0 Å². The lowest BCUT2D eigenvalue weighted by molar-refractivity contribution is 0.102. The van der Waals surface area contributed by atoms with E-state index in [1.54, 1.807) is 23.0 Å². The van der Waals surface area contributed by atoms with E-state index in [9.17, 15) is 4.79 Å². The summed E-state index contributed by atoms with van der Waals surface area (Å²) in [6, 6.07) is 14.8. The third-order valence-electron chi connectivity index (χ3n) is 3.38. The first-order valence-electron chi connectivity index (χ1n) is 7.03. The fourth-order valence-corrected chi connectivity index (χ4v) is 3.27. The van der Waals surface area contributed by atoms with E-state index in [-0.39, 0.29) is 5.91 Å². The van der Waals surface area contributed by atoms with Crippen LogP contribution < -0.4 is 5.32 Å². The fraction of sp³-hybridized carbons (Fsp3) is 0. The van der Waals surface area contributed by atoms with E-state index < -0.39 is 0 Å². The van der Waals surface area contributed by atoms with Crippen molar-refractivity contribution in [3.63, 3.8) is 0 Å². The van der Waals surface area contributed by atoms with Crippen molar-refractivity contribution in [3.8, 4) is 10.6 Å². The first-order valence-corrected chi connectivity index (χ1v) is 8.64. The van der Waals surface area contributed by atoms with E-state index in [1.807, 2.05) is 36.4 Å². The van der Waals surface area contributed by atoms with Crippen LogP contribution in [0.4, 0.5) is 5.69 Å². The number of hydrogen-bond donors (Lipinski definition) is 1. The summed E-state index contributed by atoms with van der Waals surface area (Å²) in [7, 11) is 0. The molecule has 2 heterocycles. The van der Waals surface area contributed by atoms with Crippen LogP contribution in [-0.4, -0.2) is 25.7 Å². The van der Waals surface area contributed by atoms with Crippen LogP contribution in [0, 0.1) is 0 Å². The average molecular weight is 400 g/mol. The summed E-state index contributed by atoms with van der Waals surface area (Å²) in [4.78, 5) is 13.0. The molecule has 0 aliphatic carbocycles. The summed E-state index contributed by atoms with van der Waals surface area (Å²) in [5, 5.41) is 15.9. The monoisotopic (exact) mass is 399 g/mol. The maximum absolute atomic E-state index is 12.2. The average Bonchev–Trinajstić information content (AvgIpc) is 3.18. The number of amides is 1. The maximum atomic E-state index is 12.2. The molecule has 118 valence electrons. The number of halogens is 1. The van der Waals surface area contributed by atoms with Crippen LogP contribution in [0.1, 0.15) is 10.4 Å². The quantitative estimate of drug-likeness (QED) is 0.567. The Balaban J connectivity index is 1.52. The highest BCUT2D eigenvalue weighted by Gasteiger charge is 2.09. The second-order valence-electron chi connectivity index (χ2n) is 5.00. The Bertz CT molecular complexity index is 979. The van der Waals surface area contributed by atoms with Gasteiger partial charge in [0.25, 0.3) is 5.91 Å². The van der Waals surface area contributed by atoms with Gasteiger partial charge in [-0.15, -0.1) is 10.2 Å². The number of fused-ring (bicyclic) bond motifs is 1. The molecule has 4 aromatic rings. The van der Waals surface area contributed by atoms with Gasteiger partial charge >= 0.3 is 0 Å². The SMILES string of the molecule is O=C(Nc1ccc(-c2nn3cnnc3s2)cc1)c1ccc(Br)cc1. The molecule has 6 nitrogen and oxygen atoms in total. The summed E-state index contributed by atoms with van der Waals surface area (Å²) < 4.78 is 2.58. The Kier molecular flexibility index (Phi) is 3.83. The first-order chi connectivity index (χ1) is 11.7. The van der Waals surface area contributed by atoms with Gasteiger partial charge in [-0.2, -0.15) is 9.61 Å². The van der Waals surface area contributed by atoms with Crippen LogP contribution in [0.2, 0.25) is 0 Å². The van der Waals surface area contributed by atoms with E-state index in [0.29, 0.717) is 5.56 Å². The molecule has 24 heavy (non-hydrogen) atoms. The molecule has 1 N–H and O–H groups in total. The van der Waals surface area contributed by atoms with Crippen molar-refractivity contribution in [2.75, 3.05) is 5.32 Å². The Morgan fingerprint density at radius 2 is 1.83 bits per heavy atom. The number of carbonyl (C=O) groups excluding carboxylic acids is 1. The Morgan fingerprint density at radius 1 is 1.08 bits per heavy atom. The molecule has 0 radical (unpaired) electrons. The lowest BCUT2D eigenvalue weighted by Crippen LogP contribution is -2.11. The van der Waals surface area contributed by atoms with E-state index in [2.05, 4.69) is 36.5 Å². The number of nitrogens with zero attached hydrogens (tertiary/aromatic N) is 4. The van der Waals surface area contributed by atoms with Crippen LogP contribution in [0.3, 0.4) is 0 Å². The third-order valence-corrected chi connectivity index (χ3v) is 4.87. The highest BCUT2D eigenvalue weighted by Crippen LogP contribution is 2.26. The fourth-order valence-electron chi connectivity index (χ4n) is 2.18. The zero-order valence-electron chi connectivity index (χ0n) is 12.2. The number of carbonyl (C=O) groups is 1. The normalized spacial score (nSPS) is 10.9. The van der Waals surface area contributed by atoms with Gasteiger partial charge in [0.05, 0.1) is 0 Å². The van der Waals surface area contributed by atoms with Crippen LogP contribution in [-0.2, 0) is 0 Å². The second kappa shape index (κ2) is 6.14. The van der Waals surface area contributed by atoms with Gasteiger partial charge in [-0.25, -0.2) is 0 Å². The second-order valence-corrected chi connectivity index (χ2v) is 6.88. The molecule has 8 heteroatoms. The minimum atomic E-state index is -0.144. The lowest BCUT2D eigenvalue weighted by atomic mass is 10.2. The first kappa shape index (κ1) is 15.0. The summed E-state index contributed by atoms with van der Waals surface area (Å²) in [5.74, 6) is -0.144. The van der Waals surface area contributed by atoms with E-state index in [1.165, 1.54) is 11.3 Å². The summed E-state index contributed by atoms with van der Waals surface area (Å²) in [6.45, 7) is 0. The predicted molar refractivity (Wildman–Crippen MR) is 96.2 cm³/mol. The Labute approximate surface area is 149 Å². The molecular formula is C16H10BrN5OS. The van der Waals surface area contributed by atoms with Gasteiger partial charge < -0.3 is 5.32 Å². The van der Waals surface area contributed by atoms with Crippen LogP contribution in [0.5, 0.6) is 0 Å². The molecule has 4 rings (SSSR count). The molecular weight excluding hydrogens is 390 g/mol. The van der Waals surface area contributed by atoms with Crippen molar-refractivity contribution in [2.24, 2.45) is 0 Å². The summed E-state index contributed by atoms with van der Waals surface area (Å²) in [5.41, 5.74) is 2.30. The van der Waals surface area contributed by atoms with Gasteiger partial charge in [0, 0.05) is 21.3 Å². The minimum Gasteiger partial charge on any atom is -0.322 e. The number of rotatable bonds is 3. The molecule has 1 amide bonds. The lowest BCUT2D eigenvalue weighted by Gasteiger charge is -2.06. The molecule has 0 atom stereocenters. The minimum absolute atomic E-state index is 0.144. The number of anilines is 1. The number of nitrogens with one attached hydrogen (secondary N) is 1. The largest absolute Gasteiger partial charge is 0.322 e. The topological polar surface area (TPSA) is 72.2 Å². The summed E-state index contributed by atoms with van der Waals surface area (Å²) >= 11 is 4.82. The maximum Gasteiger partial charge on any atom is 0.255 e. The van der Waals surface area contributed by atoms with Gasteiger partial charge in [-0.3, -0.25) is 4.79 Å². The Hall–Kier alpha value is -2.58. The highest BCUT2D eigenvalue weighted by atomic mass is 79.9. The molecule has 0 saturated heterocycles. The number of benzene rings is 2. The number of hydrogen-bond acceptors (Lipinski definition) is 5. The van der Waals surface area contributed by atoms with Crippen molar-refractivity contribution in [2.45, 2.75) is 0 Å². The Morgan fingerprint density at radius 3 is 2.54 bits per heavy atom. The zero-order chi connectivity index (χ0) is 16.5. The van der Waals surface area contributed by atoms with Gasteiger partial charge in [0.1, 0.15) is 11.3 Å². The molecule has 2 aromatic heterocycles. The number of aromatic nitrogens is 4. The van der Waals surface area contributed by atoms with Gasteiger partial charge in [0.2, 0.25) is 4.96 Å². The van der Waals surface area contributed by atoms with Crippen molar-refractivity contribution in [1.82, 2.24) is 19.8 Å². The van der Waals surface area contributed by atoms with E-state index in [0.717, 1.165) is 25.7 Å². The van der Waals surface area contributed by atoms with Crippen molar-refractivity contribution in [1.29, 1.82) is 0 Å². The van der Waals surface area contributed by atoms with Crippen LogP contribution in [0.25, 0.3) is 15.5 Å². The standard InChI is InChI=1S/C16H10BrN5OS/c17-12-5-1-10(2-6-12)14(23)19-13-7-3-11(4-8-13)15-21-22-9-18-20-16(22)24-15/h1-9H,(H,19,23). The van der Waals surface area contributed by atoms with Crippen LogP contribution in [0.15, 0.2) is 59.3 Å². The molecule has 0 saturated carbocycles. The summed E-state index contributed by atoms with van der Waals surface area (Å²) in [6.07, 6.45) is 1.57. The predicted octanol–water partition coefficient (Wildman–Crippen LogP) is 3.87. The van der Waals surface area contributed by atoms with Gasteiger partial charge in [0.15, 0.2) is 0 Å². The smallest absolute Gasteiger partial charge is 0.255 e. The molecule has 0 fully saturated rings. The zero-order valence-corrected chi connectivity index (χ0v) is 14.6. The molecule has 0 aliphatic rings. The molecule has 0 aliphatic heterocycles. The highest BCUT2D eigenvalue weighted by molar-refractivity contribution is 9.10. The molecule has 0 unspecified atom stereocenters. The van der Waals surface area contributed by atoms with Crippen molar-refractivity contribution >= 4 is 43.8 Å². The van der Waals surface area contributed by atoms with Gasteiger partial charge in [-0.05, 0) is 48.5 Å².